The first-order valence-electron chi connectivity index (χ1n) is 6.44. The van der Waals surface area contributed by atoms with Crippen LogP contribution in [-0.4, -0.2) is 48.7 Å². The molecule has 1 aromatic heterocycles. The summed E-state index contributed by atoms with van der Waals surface area (Å²) in [6, 6.07) is -0.587. The Hall–Kier alpha value is -1.13. The lowest BCUT2D eigenvalue weighted by atomic mass is 10.3. The highest BCUT2D eigenvalue weighted by Gasteiger charge is 2.46. The second-order valence-electron chi connectivity index (χ2n) is 5.06. The SMILES string of the molecule is CNCc1c(S(=O)(=O)N(CC(F)(F)F)C2CC2)n[nH]c1C. The van der Waals surface area contributed by atoms with Crippen molar-refractivity contribution in [2.75, 3.05) is 13.6 Å². The zero-order valence-corrected chi connectivity index (χ0v) is 12.5. The summed E-state index contributed by atoms with van der Waals surface area (Å²) in [5.41, 5.74) is 0.885. The fourth-order valence-electron chi connectivity index (χ4n) is 2.09. The van der Waals surface area contributed by atoms with E-state index in [4.69, 9.17) is 0 Å². The van der Waals surface area contributed by atoms with Crippen molar-refractivity contribution in [2.24, 2.45) is 0 Å². The molecule has 0 saturated heterocycles. The van der Waals surface area contributed by atoms with Crippen LogP contribution in [0.25, 0.3) is 0 Å². The lowest BCUT2D eigenvalue weighted by Crippen LogP contribution is -2.41. The molecule has 0 amide bonds. The summed E-state index contributed by atoms with van der Waals surface area (Å²) in [5, 5.41) is 8.70. The number of hydrogen-bond acceptors (Lipinski definition) is 4. The van der Waals surface area contributed by atoms with Gasteiger partial charge in [0.05, 0.1) is 0 Å². The lowest BCUT2D eigenvalue weighted by molar-refractivity contribution is -0.137. The number of nitrogens with zero attached hydrogens (tertiary/aromatic N) is 2. The molecule has 0 radical (unpaired) electrons. The maximum atomic E-state index is 12.6. The molecule has 120 valence electrons. The highest BCUT2D eigenvalue weighted by molar-refractivity contribution is 7.89. The minimum atomic E-state index is -4.58. The Balaban J connectivity index is 2.39. The van der Waals surface area contributed by atoms with Crippen molar-refractivity contribution < 1.29 is 21.6 Å². The summed E-state index contributed by atoms with van der Waals surface area (Å²) in [5.74, 6) is 0. The zero-order chi connectivity index (χ0) is 15.8. The Labute approximate surface area is 120 Å². The third-order valence-corrected chi connectivity index (χ3v) is 5.10. The molecule has 0 aliphatic heterocycles. The molecule has 1 saturated carbocycles. The van der Waals surface area contributed by atoms with Crippen LogP contribution in [0.4, 0.5) is 13.2 Å². The van der Waals surface area contributed by atoms with E-state index in [1.54, 1.807) is 14.0 Å². The van der Waals surface area contributed by atoms with Crippen molar-refractivity contribution in [1.29, 1.82) is 0 Å². The second-order valence-corrected chi connectivity index (χ2v) is 6.87. The summed E-state index contributed by atoms with van der Waals surface area (Å²) in [6.45, 7) is 0.357. The Morgan fingerprint density at radius 3 is 2.52 bits per heavy atom. The van der Waals surface area contributed by atoms with Crippen molar-refractivity contribution >= 4 is 10.0 Å². The predicted molar refractivity (Wildman–Crippen MR) is 69.1 cm³/mol. The Morgan fingerprint density at radius 1 is 1.43 bits per heavy atom. The molecule has 0 aromatic carbocycles. The topological polar surface area (TPSA) is 78.1 Å². The van der Waals surface area contributed by atoms with E-state index in [2.05, 4.69) is 15.5 Å². The predicted octanol–water partition coefficient (Wildman–Crippen LogP) is 1.15. The lowest BCUT2D eigenvalue weighted by Gasteiger charge is -2.22. The highest BCUT2D eigenvalue weighted by atomic mass is 32.2. The first-order valence-corrected chi connectivity index (χ1v) is 7.88. The van der Waals surface area contributed by atoms with E-state index in [0.29, 0.717) is 28.4 Å². The minimum absolute atomic E-state index is 0.210. The number of alkyl halides is 3. The zero-order valence-electron chi connectivity index (χ0n) is 11.7. The number of aromatic nitrogens is 2. The van der Waals surface area contributed by atoms with Crippen LogP contribution in [0.15, 0.2) is 5.03 Å². The van der Waals surface area contributed by atoms with Gasteiger partial charge in [0.1, 0.15) is 6.54 Å². The summed E-state index contributed by atoms with van der Waals surface area (Å²) >= 11 is 0. The van der Waals surface area contributed by atoms with E-state index < -0.39 is 28.8 Å². The molecule has 1 aliphatic rings. The molecule has 0 bridgehead atoms. The molecule has 1 heterocycles. The molecule has 2 rings (SSSR count). The third kappa shape index (κ3) is 3.55. The van der Waals surface area contributed by atoms with Crippen LogP contribution in [0.5, 0.6) is 0 Å². The second kappa shape index (κ2) is 5.58. The summed E-state index contributed by atoms with van der Waals surface area (Å²) in [7, 11) is -2.65. The number of halogens is 3. The van der Waals surface area contributed by atoms with Gasteiger partial charge in [0, 0.05) is 23.8 Å². The quantitative estimate of drug-likeness (QED) is 0.822. The molecule has 1 aromatic rings. The number of aromatic amines is 1. The fraction of sp³-hybridized carbons (Fsp3) is 0.727. The van der Waals surface area contributed by atoms with Crippen LogP contribution in [0.2, 0.25) is 0 Å². The molecular weight excluding hydrogens is 309 g/mol. The van der Waals surface area contributed by atoms with Gasteiger partial charge in [-0.2, -0.15) is 22.6 Å². The van der Waals surface area contributed by atoms with Gasteiger partial charge in [-0.25, -0.2) is 8.42 Å². The summed E-state index contributed by atoms with van der Waals surface area (Å²) < 4.78 is 63.5. The minimum Gasteiger partial charge on any atom is -0.316 e. The van der Waals surface area contributed by atoms with Crippen LogP contribution in [0.3, 0.4) is 0 Å². The normalized spacial score (nSPS) is 16.7. The van der Waals surface area contributed by atoms with Gasteiger partial charge >= 0.3 is 6.18 Å². The molecule has 6 nitrogen and oxygen atoms in total. The molecule has 0 unspecified atom stereocenters. The van der Waals surface area contributed by atoms with E-state index in [0.717, 1.165) is 0 Å². The standard InChI is InChI=1S/C11H17F3N4O2S/c1-7-9(5-15-2)10(17-16-7)21(19,20)18(8-3-4-8)6-11(12,13)14/h8,15H,3-6H2,1-2H3,(H,16,17). The monoisotopic (exact) mass is 326 g/mol. The van der Waals surface area contributed by atoms with Gasteiger partial charge in [-0.1, -0.05) is 0 Å². The molecule has 2 N–H and O–H groups in total. The summed E-state index contributed by atoms with van der Waals surface area (Å²) in [6.07, 6.45) is -3.69. The first kappa shape index (κ1) is 16.2. The van der Waals surface area contributed by atoms with Crippen LogP contribution >= 0.6 is 0 Å². The van der Waals surface area contributed by atoms with E-state index in [1.165, 1.54) is 0 Å². The maximum absolute atomic E-state index is 12.6. The number of rotatable bonds is 6. The Bertz CT molecular complexity index is 607. The average molecular weight is 326 g/mol. The van der Waals surface area contributed by atoms with Crippen molar-refractivity contribution in [2.45, 2.75) is 43.6 Å². The van der Waals surface area contributed by atoms with Gasteiger partial charge < -0.3 is 5.32 Å². The Morgan fingerprint density at radius 2 is 2.05 bits per heavy atom. The van der Waals surface area contributed by atoms with Crippen molar-refractivity contribution in [3.8, 4) is 0 Å². The first-order chi connectivity index (χ1) is 9.66. The van der Waals surface area contributed by atoms with Gasteiger partial charge in [-0.3, -0.25) is 5.10 Å². The van der Waals surface area contributed by atoms with Gasteiger partial charge in [0.2, 0.25) is 0 Å². The molecule has 21 heavy (non-hydrogen) atoms. The van der Waals surface area contributed by atoms with E-state index in [1.807, 2.05) is 0 Å². The number of hydrogen-bond donors (Lipinski definition) is 2. The largest absolute Gasteiger partial charge is 0.402 e. The number of aryl methyl sites for hydroxylation is 1. The van der Waals surface area contributed by atoms with Crippen LogP contribution in [-0.2, 0) is 16.6 Å². The number of nitrogens with one attached hydrogen (secondary N) is 2. The van der Waals surface area contributed by atoms with Crippen LogP contribution in [0, 0.1) is 6.92 Å². The van der Waals surface area contributed by atoms with E-state index in [-0.39, 0.29) is 11.6 Å². The van der Waals surface area contributed by atoms with E-state index >= 15 is 0 Å². The smallest absolute Gasteiger partial charge is 0.316 e. The van der Waals surface area contributed by atoms with Crippen molar-refractivity contribution in [3.63, 3.8) is 0 Å². The van der Waals surface area contributed by atoms with E-state index in [9.17, 15) is 21.6 Å². The van der Waals surface area contributed by atoms with Gasteiger partial charge in [-0.05, 0) is 26.8 Å². The van der Waals surface area contributed by atoms with Gasteiger partial charge in [-0.15, -0.1) is 0 Å². The number of H-pyrrole nitrogens is 1. The third-order valence-electron chi connectivity index (χ3n) is 3.23. The summed E-state index contributed by atoms with van der Waals surface area (Å²) in [4.78, 5) is 0. The van der Waals surface area contributed by atoms with Gasteiger partial charge in [0.15, 0.2) is 5.03 Å². The molecule has 1 fully saturated rings. The molecular formula is C11H17F3N4O2S. The molecule has 1 aliphatic carbocycles. The maximum Gasteiger partial charge on any atom is 0.402 e. The van der Waals surface area contributed by atoms with Crippen molar-refractivity contribution in [1.82, 2.24) is 19.8 Å². The molecule has 0 spiro atoms. The molecule has 0 atom stereocenters. The van der Waals surface area contributed by atoms with Crippen LogP contribution < -0.4 is 5.32 Å². The highest BCUT2D eigenvalue weighted by Crippen LogP contribution is 2.35. The van der Waals surface area contributed by atoms with Crippen LogP contribution in [0.1, 0.15) is 24.1 Å². The molecule has 10 heteroatoms. The van der Waals surface area contributed by atoms with Crippen molar-refractivity contribution in [3.05, 3.63) is 11.3 Å². The fourth-order valence-corrected chi connectivity index (χ4v) is 3.93. The number of sulfonamides is 1. The Kier molecular flexibility index (Phi) is 4.31. The van der Waals surface area contributed by atoms with Gasteiger partial charge in [0.25, 0.3) is 10.0 Å². The average Bonchev–Trinajstić information content (AvgIpc) is 3.12.